The number of carbonyl (C=O) groups excluding carboxylic acids is 3. The van der Waals surface area contributed by atoms with Crippen LogP contribution in [0.1, 0.15) is 15.9 Å². The number of fused-ring (bicyclic) bond motifs is 1. The predicted molar refractivity (Wildman–Crippen MR) is 88.0 cm³/mol. The first-order valence-corrected chi connectivity index (χ1v) is 7.40. The van der Waals surface area contributed by atoms with Gasteiger partial charge in [0.25, 0.3) is 0 Å². The van der Waals surface area contributed by atoms with Gasteiger partial charge in [0.15, 0.2) is 11.5 Å². The van der Waals surface area contributed by atoms with Crippen molar-refractivity contribution in [3.63, 3.8) is 0 Å². The second kappa shape index (κ2) is 6.91. The Morgan fingerprint density at radius 3 is 2.40 bits per heavy atom. The number of anilines is 1. The van der Waals surface area contributed by atoms with Crippen molar-refractivity contribution in [2.45, 2.75) is 6.54 Å². The fourth-order valence-electron chi connectivity index (χ4n) is 2.22. The Bertz CT molecular complexity index is 833. The van der Waals surface area contributed by atoms with Gasteiger partial charge >= 0.3 is 11.8 Å². The maximum Gasteiger partial charge on any atom is 0.313 e. The van der Waals surface area contributed by atoms with Gasteiger partial charge in [-0.25, -0.2) is 0 Å². The minimum atomic E-state index is -0.812. The van der Waals surface area contributed by atoms with Gasteiger partial charge in [-0.3, -0.25) is 14.4 Å². The highest BCUT2D eigenvalue weighted by atomic mass is 16.7. The molecule has 0 unspecified atom stereocenters. The summed E-state index contributed by atoms with van der Waals surface area (Å²) < 4.78 is 10.5. The highest BCUT2D eigenvalue weighted by molar-refractivity contribution is 6.39. The molecule has 0 fully saturated rings. The smallest absolute Gasteiger partial charge is 0.313 e. The van der Waals surface area contributed by atoms with Gasteiger partial charge in [-0.2, -0.15) is 0 Å². The highest BCUT2D eigenvalue weighted by Gasteiger charge is 2.16. The van der Waals surface area contributed by atoms with Crippen LogP contribution in [0.3, 0.4) is 0 Å². The van der Waals surface area contributed by atoms with Gasteiger partial charge in [0.2, 0.25) is 12.7 Å². The van der Waals surface area contributed by atoms with Crippen LogP contribution in [0.5, 0.6) is 11.5 Å². The first-order chi connectivity index (χ1) is 12.0. The summed E-state index contributed by atoms with van der Waals surface area (Å²) in [6.45, 7) is 0.339. The molecular weight excluding hydrogens is 326 g/mol. The van der Waals surface area contributed by atoms with E-state index in [-0.39, 0.29) is 13.3 Å². The van der Waals surface area contributed by atoms with Crippen LogP contribution >= 0.6 is 0 Å². The summed E-state index contributed by atoms with van der Waals surface area (Å²) in [6, 6.07) is 11.2. The van der Waals surface area contributed by atoms with Crippen molar-refractivity contribution >= 4 is 23.4 Å². The third kappa shape index (κ3) is 3.86. The lowest BCUT2D eigenvalue weighted by Crippen LogP contribution is -2.34. The molecule has 0 bridgehead atoms. The zero-order chi connectivity index (χ0) is 17.8. The molecule has 3 rings (SSSR count). The number of ether oxygens (including phenoxy) is 2. The molecule has 0 saturated heterocycles. The zero-order valence-corrected chi connectivity index (χ0v) is 13.1. The van der Waals surface area contributed by atoms with Gasteiger partial charge < -0.3 is 25.8 Å². The third-order valence-corrected chi connectivity index (χ3v) is 3.52. The summed E-state index contributed by atoms with van der Waals surface area (Å²) in [6.07, 6.45) is 0. The van der Waals surface area contributed by atoms with Crippen LogP contribution in [-0.4, -0.2) is 24.5 Å². The first kappa shape index (κ1) is 16.3. The number of rotatable bonds is 4. The number of amides is 3. The molecule has 1 aliphatic heterocycles. The number of hydrogen-bond acceptors (Lipinski definition) is 5. The second-order valence-corrected chi connectivity index (χ2v) is 5.27. The number of benzene rings is 2. The summed E-state index contributed by atoms with van der Waals surface area (Å²) in [7, 11) is 0. The van der Waals surface area contributed by atoms with Crippen LogP contribution in [0.15, 0.2) is 42.5 Å². The van der Waals surface area contributed by atoms with E-state index in [1.54, 1.807) is 18.2 Å². The summed E-state index contributed by atoms with van der Waals surface area (Å²) in [5, 5.41) is 4.96. The standard InChI is InChI=1S/C17H15N3O5/c18-15(21)11-2-4-12(5-3-11)20-17(23)16(22)19-8-10-1-6-13-14(7-10)25-9-24-13/h1-7H,8-9H2,(H2,18,21)(H,19,22)(H,20,23). The average Bonchev–Trinajstić information content (AvgIpc) is 3.07. The predicted octanol–water partition coefficient (Wildman–Crippen LogP) is 0.769. The number of primary amides is 1. The van der Waals surface area contributed by atoms with Crippen molar-refractivity contribution in [1.29, 1.82) is 0 Å². The minimum absolute atomic E-state index is 0.169. The summed E-state index contributed by atoms with van der Waals surface area (Å²) in [5.74, 6) is -0.915. The Hall–Kier alpha value is -3.55. The summed E-state index contributed by atoms with van der Waals surface area (Å²) >= 11 is 0. The van der Waals surface area contributed by atoms with E-state index in [1.165, 1.54) is 24.3 Å². The van der Waals surface area contributed by atoms with E-state index in [9.17, 15) is 14.4 Å². The van der Waals surface area contributed by atoms with E-state index in [4.69, 9.17) is 15.2 Å². The topological polar surface area (TPSA) is 120 Å². The first-order valence-electron chi connectivity index (χ1n) is 7.40. The maximum atomic E-state index is 11.9. The average molecular weight is 341 g/mol. The highest BCUT2D eigenvalue weighted by Crippen LogP contribution is 2.32. The number of hydrogen-bond donors (Lipinski definition) is 3. The monoisotopic (exact) mass is 341 g/mol. The molecule has 8 nitrogen and oxygen atoms in total. The van der Waals surface area contributed by atoms with Crippen LogP contribution in [0.25, 0.3) is 0 Å². The summed E-state index contributed by atoms with van der Waals surface area (Å²) in [4.78, 5) is 34.7. The molecule has 0 aromatic heterocycles. The van der Waals surface area contributed by atoms with Crippen LogP contribution in [0, 0.1) is 0 Å². The molecule has 8 heteroatoms. The molecule has 1 heterocycles. The molecule has 128 valence electrons. The Balaban J connectivity index is 1.54. The van der Waals surface area contributed by atoms with E-state index >= 15 is 0 Å². The van der Waals surface area contributed by atoms with Gasteiger partial charge in [-0.05, 0) is 42.0 Å². The van der Waals surface area contributed by atoms with Crippen LogP contribution in [0.4, 0.5) is 5.69 Å². The molecule has 0 saturated carbocycles. The van der Waals surface area contributed by atoms with Gasteiger partial charge in [0, 0.05) is 17.8 Å². The van der Waals surface area contributed by atoms with E-state index < -0.39 is 17.7 Å². The minimum Gasteiger partial charge on any atom is -0.454 e. The molecule has 3 amide bonds. The zero-order valence-electron chi connectivity index (χ0n) is 13.1. The molecule has 4 N–H and O–H groups in total. The Labute approximate surface area is 142 Å². The maximum absolute atomic E-state index is 11.9. The molecule has 0 spiro atoms. The van der Waals surface area contributed by atoms with Gasteiger partial charge in [-0.1, -0.05) is 6.07 Å². The summed E-state index contributed by atoms with van der Waals surface area (Å²) in [5.41, 5.74) is 6.60. The molecule has 0 atom stereocenters. The van der Waals surface area contributed by atoms with Crippen molar-refractivity contribution in [1.82, 2.24) is 5.32 Å². The normalized spacial score (nSPS) is 11.7. The van der Waals surface area contributed by atoms with Crippen molar-refractivity contribution in [2.75, 3.05) is 12.1 Å². The largest absolute Gasteiger partial charge is 0.454 e. The lowest BCUT2D eigenvalue weighted by atomic mass is 10.2. The molecule has 0 aliphatic carbocycles. The Kier molecular flexibility index (Phi) is 4.51. The van der Waals surface area contributed by atoms with Gasteiger partial charge in [-0.15, -0.1) is 0 Å². The Morgan fingerprint density at radius 1 is 0.960 bits per heavy atom. The fraction of sp³-hybridized carbons (Fsp3) is 0.118. The number of nitrogens with one attached hydrogen (secondary N) is 2. The van der Waals surface area contributed by atoms with Gasteiger partial charge in [0.1, 0.15) is 0 Å². The lowest BCUT2D eigenvalue weighted by Gasteiger charge is -2.07. The molecule has 2 aromatic rings. The van der Waals surface area contributed by atoms with E-state index in [1.807, 2.05) is 0 Å². The Morgan fingerprint density at radius 2 is 1.68 bits per heavy atom. The van der Waals surface area contributed by atoms with Crippen molar-refractivity contribution in [3.05, 3.63) is 53.6 Å². The SMILES string of the molecule is NC(=O)c1ccc(NC(=O)C(=O)NCc2ccc3c(c2)OCO3)cc1. The molecule has 0 radical (unpaired) electrons. The molecule has 2 aromatic carbocycles. The van der Waals surface area contributed by atoms with E-state index in [2.05, 4.69) is 10.6 Å². The third-order valence-electron chi connectivity index (χ3n) is 3.52. The number of carbonyl (C=O) groups is 3. The molecule has 25 heavy (non-hydrogen) atoms. The molecule has 1 aliphatic rings. The van der Waals surface area contributed by atoms with Crippen LogP contribution < -0.4 is 25.8 Å². The van der Waals surface area contributed by atoms with Crippen LogP contribution in [-0.2, 0) is 16.1 Å². The van der Waals surface area contributed by atoms with E-state index in [0.717, 1.165) is 5.56 Å². The van der Waals surface area contributed by atoms with Gasteiger partial charge in [0.05, 0.1) is 0 Å². The fourth-order valence-corrected chi connectivity index (χ4v) is 2.22. The molecular formula is C17H15N3O5. The van der Waals surface area contributed by atoms with E-state index in [0.29, 0.717) is 22.7 Å². The van der Waals surface area contributed by atoms with Crippen molar-refractivity contribution in [2.24, 2.45) is 5.73 Å². The van der Waals surface area contributed by atoms with Crippen molar-refractivity contribution < 1.29 is 23.9 Å². The van der Waals surface area contributed by atoms with Crippen molar-refractivity contribution in [3.8, 4) is 11.5 Å². The lowest BCUT2D eigenvalue weighted by molar-refractivity contribution is -0.136. The number of nitrogens with two attached hydrogens (primary N) is 1. The van der Waals surface area contributed by atoms with Crippen LogP contribution in [0.2, 0.25) is 0 Å². The quantitative estimate of drug-likeness (QED) is 0.710. The second-order valence-electron chi connectivity index (χ2n) is 5.27.